The van der Waals surface area contributed by atoms with Gasteiger partial charge in [-0.2, -0.15) is 0 Å². The first-order valence-electron chi connectivity index (χ1n) is 6.80. The highest BCUT2D eigenvalue weighted by Crippen LogP contribution is 2.09. The molecular weight excluding hydrogens is 416 g/mol. The summed E-state index contributed by atoms with van der Waals surface area (Å²) >= 11 is 6.57. The van der Waals surface area contributed by atoms with Crippen molar-refractivity contribution in [2.75, 3.05) is 0 Å². The standard InChI is InChI=1S/2C7H11BrN2O/c1-7(2,11)4-10-3-6(8)9-5-10;1-7(2,11)4-10-5-9-3-6(10)8/h2*3,5,11H,4H2,1-2H3/p+1. The van der Waals surface area contributed by atoms with Crippen LogP contribution in [0, 0.1) is 0 Å². The quantitative estimate of drug-likeness (QED) is 0.640. The highest BCUT2D eigenvalue weighted by Gasteiger charge is 2.18. The van der Waals surface area contributed by atoms with Crippen LogP contribution in [0.1, 0.15) is 27.7 Å². The van der Waals surface area contributed by atoms with E-state index in [4.69, 9.17) is 0 Å². The second-order valence-corrected chi connectivity index (χ2v) is 8.01. The second kappa shape index (κ2) is 7.72. The molecular formula is C14H23Br2N4O2+. The van der Waals surface area contributed by atoms with Gasteiger partial charge in [0.25, 0.3) is 0 Å². The molecule has 2 rings (SSSR count). The number of rotatable bonds is 4. The summed E-state index contributed by atoms with van der Waals surface area (Å²) in [6, 6.07) is 0. The maximum absolute atomic E-state index is 9.46. The van der Waals surface area contributed by atoms with E-state index in [0.29, 0.717) is 13.1 Å². The second-order valence-electron chi connectivity index (χ2n) is 6.38. The molecule has 0 aliphatic carbocycles. The monoisotopic (exact) mass is 437 g/mol. The van der Waals surface area contributed by atoms with Gasteiger partial charge in [0.15, 0.2) is 0 Å². The maximum atomic E-state index is 9.46. The maximum Gasteiger partial charge on any atom is 0.242 e. The molecule has 0 bridgehead atoms. The highest BCUT2D eigenvalue weighted by molar-refractivity contribution is 9.10. The molecule has 2 aromatic rings. The van der Waals surface area contributed by atoms with E-state index in [1.54, 1.807) is 34.0 Å². The average Bonchev–Trinajstić information content (AvgIpc) is 2.86. The Morgan fingerprint density at radius 1 is 1.23 bits per heavy atom. The van der Waals surface area contributed by atoms with Gasteiger partial charge in [0, 0.05) is 22.1 Å². The van der Waals surface area contributed by atoms with Crippen molar-refractivity contribution in [2.24, 2.45) is 0 Å². The molecule has 2 aromatic heterocycles. The number of hydrogen-bond acceptors (Lipinski definition) is 3. The Morgan fingerprint density at radius 3 is 2.23 bits per heavy atom. The predicted octanol–water partition coefficient (Wildman–Crippen LogP) is 2.25. The van der Waals surface area contributed by atoms with Crippen molar-refractivity contribution < 1.29 is 14.8 Å². The van der Waals surface area contributed by atoms with Gasteiger partial charge in [0.05, 0.1) is 24.1 Å². The fourth-order valence-electron chi connectivity index (χ4n) is 1.74. The molecule has 0 aliphatic heterocycles. The number of aromatic nitrogens is 4. The van der Waals surface area contributed by atoms with E-state index in [0.717, 1.165) is 9.21 Å². The summed E-state index contributed by atoms with van der Waals surface area (Å²) in [5.41, 5.74) is -1.35. The fourth-order valence-corrected chi connectivity index (χ4v) is 2.46. The SMILES string of the molecule is CC(C)(O)C[n+]1c[nH]cc1Br.CC(C)(O)Cn1cnc(Br)c1. The molecule has 124 valence electrons. The van der Waals surface area contributed by atoms with Crippen LogP contribution in [0.3, 0.4) is 0 Å². The summed E-state index contributed by atoms with van der Waals surface area (Å²) < 4.78 is 5.48. The van der Waals surface area contributed by atoms with Gasteiger partial charge in [-0.3, -0.25) is 0 Å². The first kappa shape index (κ1) is 19.3. The number of nitrogens with one attached hydrogen (secondary N) is 1. The van der Waals surface area contributed by atoms with Crippen molar-refractivity contribution in [3.8, 4) is 0 Å². The van der Waals surface area contributed by atoms with Crippen LogP contribution in [0.5, 0.6) is 0 Å². The minimum Gasteiger partial charge on any atom is -0.389 e. The van der Waals surface area contributed by atoms with Gasteiger partial charge in [-0.05, 0) is 43.6 Å². The van der Waals surface area contributed by atoms with E-state index in [1.165, 1.54) is 0 Å². The molecule has 22 heavy (non-hydrogen) atoms. The van der Waals surface area contributed by atoms with Gasteiger partial charge in [0.1, 0.15) is 17.3 Å². The third-order valence-electron chi connectivity index (χ3n) is 2.44. The molecule has 0 saturated carbocycles. The van der Waals surface area contributed by atoms with Crippen molar-refractivity contribution in [1.29, 1.82) is 0 Å². The van der Waals surface area contributed by atoms with Gasteiger partial charge in [-0.25, -0.2) is 14.5 Å². The molecule has 2 heterocycles. The lowest BCUT2D eigenvalue weighted by Gasteiger charge is -2.16. The zero-order chi connectivity index (χ0) is 17.0. The summed E-state index contributed by atoms with van der Waals surface area (Å²) in [6.45, 7) is 8.23. The lowest BCUT2D eigenvalue weighted by molar-refractivity contribution is -0.717. The average molecular weight is 439 g/mol. The van der Waals surface area contributed by atoms with E-state index in [1.807, 2.05) is 27.9 Å². The number of halogens is 2. The lowest BCUT2D eigenvalue weighted by Crippen LogP contribution is -2.44. The Bertz CT molecular complexity index is 582. The molecule has 0 spiro atoms. The fraction of sp³-hybridized carbons (Fsp3) is 0.571. The molecule has 8 heteroatoms. The molecule has 0 amide bonds. The van der Waals surface area contributed by atoms with Crippen molar-refractivity contribution in [3.05, 3.63) is 34.3 Å². The minimum absolute atomic E-state index is 0.561. The van der Waals surface area contributed by atoms with Crippen LogP contribution in [-0.2, 0) is 13.1 Å². The van der Waals surface area contributed by atoms with Crippen molar-refractivity contribution in [1.82, 2.24) is 14.5 Å². The molecule has 0 fully saturated rings. The Balaban J connectivity index is 0.000000220. The van der Waals surface area contributed by atoms with Gasteiger partial charge >= 0.3 is 0 Å². The predicted molar refractivity (Wildman–Crippen MR) is 91.2 cm³/mol. The highest BCUT2D eigenvalue weighted by atomic mass is 79.9. The van der Waals surface area contributed by atoms with Crippen LogP contribution < -0.4 is 4.57 Å². The first-order valence-corrected chi connectivity index (χ1v) is 8.39. The largest absolute Gasteiger partial charge is 0.389 e. The molecule has 0 radical (unpaired) electrons. The van der Waals surface area contributed by atoms with Gasteiger partial charge in [0.2, 0.25) is 10.9 Å². The topological polar surface area (TPSA) is 78.0 Å². The van der Waals surface area contributed by atoms with Crippen molar-refractivity contribution >= 4 is 31.9 Å². The zero-order valence-corrected chi connectivity index (χ0v) is 16.4. The molecule has 0 aromatic carbocycles. The third kappa shape index (κ3) is 8.07. The Morgan fingerprint density at radius 2 is 1.86 bits per heavy atom. The van der Waals surface area contributed by atoms with Crippen LogP contribution in [-0.4, -0.2) is 36.0 Å². The molecule has 0 unspecified atom stereocenters. The smallest absolute Gasteiger partial charge is 0.242 e. The minimum atomic E-state index is -0.680. The molecule has 0 saturated heterocycles. The van der Waals surface area contributed by atoms with Crippen molar-refractivity contribution in [3.63, 3.8) is 0 Å². The number of hydrogen-bond donors (Lipinski definition) is 3. The first-order chi connectivity index (χ1) is 9.96. The van der Waals surface area contributed by atoms with Crippen molar-refractivity contribution in [2.45, 2.75) is 52.0 Å². The Kier molecular flexibility index (Phi) is 6.79. The van der Waals surface area contributed by atoms with Crippen LogP contribution in [0.2, 0.25) is 0 Å². The van der Waals surface area contributed by atoms with E-state index < -0.39 is 11.2 Å². The summed E-state index contributed by atoms with van der Waals surface area (Å²) in [7, 11) is 0. The number of aliphatic hydroxyl groups is 2. The lowest BCUT2D eigenvalue weighted by atomic mass is 10.1. The molecule has 3 N–H and O–H groups in total. The van der Waals surface area contributed by atoms with E-state index in [2.05, 4.69) is 41.8 Å². The van der Waals surface area contributed by atoms with Gasteiger partial charge in [-0.1, -0.05) is 0 Å². The number of nitrogens with zero attached hydrogens (tertiary/aromatic N) is 3. The molecule has 0 atom stereocenters. The number of imidazole rings is 2. The molecule has 6 nitrogen and oxygen atoms in total. The van der Waals surface area contributed by atoms with Crippen LogP contribution in [0.4, 0.5) is 0 Å². The summed E-state index contributed by atoms with van der Waals surface area (Å²) in [4.78, 5) is 6.89. The van der Waals surface area contributed by atoms with Gasteiger partial charge in [-0.15, -0.1) is 0 Å². The number of H-pyrrole nitrogens is 1. The van der Waals surface area contributed by atoms with Gasteiger partial charge < -0.3 is 14.8 Å². The summed E-state index contributed by atoms with van der Waals surface area (Å²) in [5.74, 6) is 0. The zero-order valence-electron chi connectivity index (χ0n) is 13.2. The third-order valence-corrected chi connectivity index (χ3v) is 3.53. The normalized spacial score (nSPS) is 12.0. The van der Waals surface area contributed by atoms with Crippen LogP contribution in [0.25, 0.3) is 0 Å². The Labute approximate surface area is 147 Å². The van der Waals surface area contributed by atoms with E-state index in [9.17, 15) is 10.2 Å². The summed E-state index contributed by atoms with van der Waals surface area (Å²) in [6.07, 6.45) is 7.15. The van der Waals surface area contributed by atoms with Crippen LogP contribution in [0.15, 0.2) is 34.3 Å². The molecule has 0 aliphatic rings. The Hall–Kier alpha value is -0.700. The summed E-state index contributed by atoms with van der Waals surface area (Å²) in [5, 5.41) is 18.9. The number of aromatic amines is 1. The van der Waals surface area contributed by atoms with Crippen LogP contribution >= 0.6 is 31.9 Å². The van der Waals surface area contributed by atoms with E-state index >= 15 is 0 Å². The van der Waals surface area contributed by atoms with E-state index in [-0.39, 0.29) is 0 Å².